The molecule has 0 radical (unpaired) electrons. The highest BCUT2D eigenvalue weighted by molar-refractivity contribution is 7.89. The standard InChI is InChI=1S/C13H14N2O4S2/c1-19-15-13(16)10-4-2-6-12(8-10)21(17,18)14-9-11-5-3-7-20-11/h2-8,14H,9H2,1H3,(H,15,16). The molecule has 0 spiro atoms. The summed E-state index contributed by atoms with van der Waals surface area (Å²) in [6.45, 7) is 0.217. The summed E-state index contributed by atoms with van der Waals surface area (Å²) in [6.07, 6.45) is 0. The van der Waals surface area contributed by atoms with Gasteiger partial charge in [0.05, 0.1) is 12.0 Å². The lowest BCUT2D eigenvalue weighted by Gasteiger charge is -2.07. The summed E-state index contributed by atoms with van der Waals surface area (Å²) >= 11 is 1.47. The van der Waals surface area contributed by atoms with Crippen molar-refractivity contribution < 1.29 is 18.0 Å². The van der Waals surface area contributed by atoms with Crippen LogP contribution in [0.1, 0.15) is 15.2 Å². The van der Waals surface area contributed by atoms with Gasteiger partial charge >= 0.3 is 0 Å². The smallest absolute Gasteiger partial charge is 0.274 e. The van der Waals surface area contributed by atoms with Gasteiger partial charge in [0, 0.05) is 17.0 Å². The third-order valence-corrected chi connectivity index (χ3v) is 4.89. The van der Waals surface area contributed by atoms with Crippen molar-refractivity contribution in [1.29, 1.82) is 0 Å². The minimum atomic E-state index is -3.67. The van der Waals surface area contributed by atoms with Gasteiger partial charge in [-0.05, 0) is 29.6 Å². The summed E-state index contributed by atoms with van der Waals surface area (Å²) in [7, 11) is -2.36. The normalized spacial score (nSPS) is 11.3. The van der Waals surface area contributed by atoms with E-state index in [1.807, 2.05) is 17.5 Å². The van der Waals surface area contributed by atoms with Crippen LogP contribution in [0.15, 0.2) is 46.7 Å². The lowest BCUT2D eigenvalue weighted by Crippen LogP contribution is -2.24. The lowest BCUT2D eigenvalue weighted by atomic mass is 10.2. The first-order valence-electron chi connectivity index (χ1n) is 5.98. The van der Waals surface area contributed by atoms with Crippen LogP contribution in [0.25, 0.3) is 0 Å². The van der Waals surface area contributed by atoms with E-state index in [-0.39, 0.29) is 17.0 Å². The number of carbonyl (C=O) groups excluding carboxylic acids is 1. The Balaban J connectivity index is 2.16. The maximum Gasteiger partial charge on any atom is 0.274 e. The number of carbonyl (C=O) groups is 1. The maximum atomic E-state index is 12.2. The Labute approximate surface area is 126 Å². The Hall–Kier alpha value is -1.74. The fourth-order valence-electron chi connectivity index (χ4n) is 1.62. The number of hydrogen-bond donors (Lipinski definition) is 2. The second kappa shape index (κ2) is 6.81. The number of benzene rings is 1. The van der Waals surface area contributed by atoms with Crippen molar-refractivity contribution in [1.82, 2.24) is 10.2 Å². The van der Waals surface area contributed by atoms with Gasteiger partial charge in [0.15, 0.2) is 0 Å². The summed E-state index contributed by atoms with van der Waals surface area (Å²) < 4.78 is 26.9. The van der Waals surface area contributed by atoms with E-state index in [9.17, 15) is 13.2 Å². The Bertz CT molecular complexity index is 712. The quantitative estimate of drug-likeness (QED) is 0.788. The van der Waals surface area contributed by atoms with Crippen LogP contribution in [0.3, 0.4) is 0 Å². The fraction of sp³-hybridized carbons (Fsp3) is 0.154. The molecule has 112 valence electrons. The number of nitrogens with one attached hydrogen (secondary N) is 2. The molecule has 2 N–H and O–H groups in total. The molecule has 0 bridgehead atoms. The highest BCUT2D eigenvalue weighted by Gasteiger charge is 2.16. The zero-order valence-corrected chi connectivity index (χ0v) is 12.8. The van der Waals surface area contributed by atoms with Crippen molar-refractivity contribution in [3.8, 4) is 0 Å². The summed E-state index contributed by atoms with van der Waals surface area (Å²) in [5.41, 5.74) is 2.35. The zero-order chi connectivity index (χ0) is 15.3. The van der Waals surface area contributed by atoms with E-state index in [1.54, 1.807) is 0 Å². The van der Waals surface area contributed by atoms with Gasteiger partial charge in [-0.3, -0.25) is 9.63 Å². The molecule has 1 aromatic heterocycles. The predicted octanol–water partition coefficient (Wildman–Crippen LogP) is 1.52. The van der Waals surface area contributed by atoms with Gasteiger partial charge in [-0.15, -0.1) is 11.3 Å². The average Bonchev–Trinajstić information content (AvgIpc) is 2.99. The third-order valence-electron chi connectivity index (χ3n) is 2.62. The molecule has 1 heterocycles. The van der Waals surface area contributed by atoms with Gasteiger partial charge in [-0.1, -0.05) is 12.1 Å². The first-order chi connectivity index (χ1) is 10.0. The summed E-state index contributed by atoms with van der Waals surface area (Å²) in [4.78, 5) is 17.1. The fourth-order valence-corrected chi connectivity index (χ4v) is 3.41. The van der Waals surface area contributed by atoms with Gasteiger partial charge < -0.3 is 0 Å². The Kier molecular flexibility index (Phi) is 5.07. The van der Waals surface area contributed by atoms with Gasteiger partial charge in [-0.2, -0.15) is 0 Å². The molecule has 2 rings (SSSR count). The molecule has 21 heavy (non-hydrogen) atoms. The Morgan fingerprint density at radius 2 is 2.10 bits per heavy atom. The number of amides is 1. The van der Waals surface area contributed by atoms with E-state index in [1.165, 1.54) is 42.7 Å². The Morgan fingerprint density at radius 3 is 2.76 bits per heavy atom. The molecule has 0 fully saturated rings. The van der Waals surface area contributed by atoms with E-state index < -0.39 is 15.9 Å². The molecule has 8 heteroatoms. The SMILES string of the molecule is CONC(=O)c1cccc(S(=O)(=O)NCc2cccs2)c1. The molecule has 2 aromatic rings. The number of sulfonamides is 1. The van der Waals surface area contributed by atoms with Crippen molar-refractivity contribution in [2.75, 3.05) is 7.11 Å². The van der Waals surface area contributed by atoms with Crippen LogP contribution < -0.4 is 10.2 Å². The summed E-state index contributed by atoms with van der Waals surface area (Å²) in [5, 5.41) is 1.87. The third kappa shape index (κ3) is 4.11. The monoisotopic (exact) mass is 326 g/mol. The number of hydroxylamine groups is 1. The van der Waals surface area contributed by atoms with Crippen molar-refractivity contribution in [3.63, 3.8) is 0 Å². The molecule has 0 saturated carbocycles. The average molecular weight is 326 g/mol. The molecule has 1 amide bonds. The van der Waals surface area contributed by atoms with Crippen LogP contribution in [-0.4, -0.2) is 21.4 Å². The molecule has 0 aliphatic rings. The van der Waals surface area contributed by atoms with Crippen LogP contribution in [0, 0.1) is 0 Å². The minimum Gasteiger partial charge on any atom is -0.277 e. The van der Waals surface area contributed by atoms with Crippen molar-refractivity contribution in [2.45, 2.75) is 11.4 Å². The molecule has 6 nitrogen and oxygen atoms in total. The maximum absolute atomic E-state index is 12.2. The van der Waals surface area contributed by atoms with Gasteiger partial charge in [0.1, 0.15) is 0 Å². The van der Waals surface area contributed by atoms with Crippen LogP contribution in [0.2, 0.25) is 0 Å². The summed E-state index contributed by atoms with van der Waals surface area (Å²) in [5.74, 6) is -0.507. The van der Waals surface area contributed by atoms with E-state index >= 15 is 0 Å². The van der Waals surface area contributed by atoms with E-state index in [4.69, 9.17) is 0 Å². The molecular formula is C13H14N2O4S2. The van der Waals surface area contributed by atoms with Crippen LogP contribution in [0.5, 0.6) is 0 Å². The summed E-state index contributed by atoms with van der Waals surface area (Å²) in [6, 6.07) is 9.43. The van der Waals surface area contributed by atoms with Gasteiger partial charge in [-0.25, -0.2) is 18.6 Å². The topological polar surface area (TPSA) is 84.5 Å². The van der Waals surface area contributed by atoms with Crippen molar-refractivity contribution >= 4 is 27.3 Å². The van der Waals surface area contributed by atoms with Crippen LogP contribution >= 0.6 is 11.3 Å². The second-order valence-corrected chi connectivity index (χ2v) is 6.87. The van der Waals surface area contributed by atoms with E-state index in [0.29, 0.717) is 0 Å². The molecule has 0 aliphatic carbocycles. The second-order valence-electron chi connectivity index (χ2n) is 4.07. The lowest BCUT2D eigenvalue weighted by molar-refractivity contribution is 0.0537. The number of thiophene rings is 1. The van der Waals surface area contributed by atoms with Gasteiger partial charge in [0.25, 0.3) is 5.91 Å². The molecule has 0 unspecified atom stereocenters. The van der Waals surface area contributed by atoms with Crippen LogP contribution in [0.4, 0.5) is 0 Å². The van der Waals surface area contributed by atoms with E-state index in [0.717, 1.165) is 4.88 Å². The highest BCUT2D eigenvalue weighted by Crippen LogP contribution is 2.14. The van der Waals surface area contributed by atoms with Gasteiger partial charge in [0.2, 0.25) is 10.0 Å². The van der Waals surface area contributed by atoms with E-state index in [2.05, 4.69) is 15.0 Å². The predicted molar refractivity (Wildman–Crippen MR) is 79.3 cm³/mol. The number of rotatable bonds is 6. The van der Waals surface area contributed by atoms with Crippen molar-refractivity contribution in [2.24, 2.45) is 0 Å². The molecule has 0 aliphatic heterocycles. The van der Waals surface area contributed by atoms with Crippen LogP contribution in [-0.2, 0) is 21.4 Å². The number of hydrogen-bond acceptors (Lipinski definition) is 5. The molecule has 0 atom stereocenters. The molecule has 0 saturated heterocycles. The first-order valence-corrected chi connectivity index (χ1v) is 8.34. The Morgan fingerprint density at radius 1 is 1.29 bits per heavy atom. The minimum absolute atomic E-state index is 0.0304. The zero-order valence-electron chi connectivity index (χ0n) is 11.2. The highest BCUT2D eigenvalue weighted by atomic mass is 32.2. The first kappa shape index (κ1) is 15.6. The molecule has 1 aromatic carbocycles. The van der Waals surface area contributed by atoms with Crippen molar-refractivity contribution in [3.05, 3.63) is 52.2 Å². The largest absolute Gasteiger partial charge is 0.277 e. The molecular weight excluding hydrogens is 312 g/mol.